The summed E-state index contributed by atoms with van der Waals surface area (Å²) in [6, 6.07) is 9.34. The molecular weight excluding hydrogens is 258 g/mol. The van der Waals surface area contributed by atoms with E-state index >= 15 is 0 Å². The number of para-hydroxylation sites is 1. The van der Waals surface area contributed by atoms with Crippen molar-refractivity contribution >= 4 is 23.1 Å². The Balaban J connectivity index is 2.59. The number of nitro groups is 1. The molecule has 0 saturated carbocycles. The smallest absolute Gasteiger partial charge is 0.333 e. The summed E-state index contributed by atoms with van der Waals surface area (Å²) < 4.78 is 0. The quantitative estimate of drug-likeness (QED) is 0.680. The van der Waals surface area contributed by atoms with Crippen LogP contribution in [0.2, 0.25) is 0 Å². The fourth-order valence-corrected chi connectivity index (χ4v) is 1.89. The van der Waals surface area contributed by atoms with Gasteiger partial charge in [-0.1, -0.05) is 18.2 Å². The van der Waals surface area contributed by atoms with Crippen molar-refractivity contribution < 1.29 is 4.92 Å². The van der Waals surface area contributed by atoms with Gasteiger partial charge in [0.15, 0.2) is 0 Å². The third kappa shape index (κ3) is 2.51. The van der Waals surface area contributed by atoms with E-state index in [1.165, 1.54) is 0 Å². The number of hydrogen-bond donors (Lipinski definition) is 1. The van der Waals surface area contributed by atoms with E-state index in [1.807, 2.05) is 30.3 Å². The molecule has 0 fully saturated rings. The summed E-state index contributed by atoms with van der Waals surface area (Å²) in [6.45, 7) is 1.60. The second kappa shape index (κ2) is 5.52. The number of rotatable bonds is 4. The minimum atomic E-state index is -0.455. The van der Waals surface area contributed by atoms with Gasteiger partial charge < -0.3 is 10.2 Å². The molecule has 1 aromatic carbocycles. The molecule has 0 saturated heterocycles. The van der Waals surface area contributed by atoms with Crippen LogP contribution in [-0.4, -0.2) is 29.0 Å². The average Bonchev–Trinajstić information content (AvgIpc) is 2.46. The summed E-state index contributed by atoms with van der Waals surface area (Å²) in [5, 5.41) is 14.1. The Kier molecular flexibility index (Phi) is 3.79. The highest BCUT2D eigenvalue weighted by Crippen LogP contribution is 2.33. The van der Waals surface area contributed by atoms with E-state index in [4.69, 9.17) is 0 Å². The van der Waals surface area contributed by atoms with Gasteiger partial charge >= 0.3 is 5.69 Å². The minimum Gasteiger partial charge on any atom is -0.357 e. The number of hydrogen-bond acceptors (Lipinski definition) is 6. The zero-order valence-electron chi connectivity index (χ0n) is 11.5. The molecule has 104 valence electrons. The van der Waals surface area contributed by atoms with Gasteiger partial charge in [-0.15, -0.1) is 0 Å². The van der Waals surface area contributed by atoms with Crippen LogP contribution in [-0.2, 0) is 0 Å². The Hall–Kier alpha value is -2.70. The summed E-state index contributed by atoms with van der Waals surface area (Å²) in [4.78, 5) is 20.7. The van der Waals surface area contributed by atoms with Gasteiger partial charge in [0, 0.05) is 19.8 Å². The van der Waals surface area contributed by atoms with Crippen molar-refractivity contribution in [2.45, 2.75) is 6.92 Å². The summed E-state index contributed by atoms with van der Waals surface area (Å²) >= 11 is 0. The SMILES string of the molecule is CNc1nc(C)c([N+](=O)[O-])c(N(C)c2ccccc2)n1. The number of aromatic nitrogens is 2. The van der Waals surface area contributed by atoms with E-state index in [0.717, 1.165) is 5.69 Å². The molecule has 7 nitrogen and oxygen atoms in total. The molecular formula is C13H15N5O2. The molecule has 1 N–H and O–H groups in total. The van der Waals surface area contributed by atoms with Crippen molar-refractivity contribution in [2.24, 2.45) is 0 Å². The number of nitrogens with one attached hydrogen (secondary N) is 1. The maximum Gasteiger partial charge on any atom is 0.333 e. The topological polar surface area (TPSA) is 84.2 Å². The van der Waals surface area contributed by atoms with Crippen LogP contribution < -0.4 is 10.2 Å². The summed E-state index contributed by atoms with van der Waals surface area (Å²) in [5.74, 6) is 0.615. The lowest BCUT2D eigenvalue weighted by molar-refractivity contribution is -0.385. The van der Waals surface area contributed by atoms with E-state index in [0.29, 0.717) is 11.6 Å². The summed E-state index contributed by atoms with van der Waals surface area (Å²) in [7, 11) is 3.41. The maximum atomic E-state index is 11.3. The zero-order valence-corrected chi connectivity index (χ0v) is 11.5. The maximum absolute atomic E-state index is 11.3. The molecule has 7 heteroatoms. The number of aryl methyl sites for hydroxylation is 1. The average molecular weight is 273 g/mol. The molecule has 0 radical (unpaired) electrons. The first kappa shape index (κ1) is 13.7. The predicted octanol–water partition coefficient (Wildman–Crippen LogP) is 2.50. The molecule has 0 aliphatic heterocycles. The number of anilines is 3. The summed E-state index contributed by atoms with van der Waals surface area (Å²) in [6.07, 6.45) is 0. The van der Waals surface area contributed by atoms with E-state index in [1.54, 1.807) is 25.9 Å². The Labute approximate surface area is 116 Å². The van der Waals surface area contributed by atoms with Crippen LogP contribution in [0.3, 0.4) is 0 Å². The molecule has 0 aliphatic carbocycles. The van der Waals surface area contributed by atoms with Crippen LogP contribution in [0.4, 0.5) is 23.1 Å². The fraction of sp³-hybridized carbons (Fsp3) is 0.231. The fourth-order valence-electron chi connectivity index (χ4n) is 1.89. The van der Waals surface area contributed by atoms with E-state index < -0.39 is 4.92 Å². The van der Waals surface area contributed by atoms with E-state index in [-0.39, 0.29) is 11.5 Å². The van der Waals surface area contributed by atoms with Crippen LogP contribution >= 0.6 is 0 Å². The van der Waals surface area contributed by atoms with Gasteiger partial charge in [0.1, 0.15) is 5.69 Å². The van der Waals surface area contributed by atoms with Gasteiger partial charge in [-0.3, -0.25) is 10.1 Å². The molecule has 0 unspecified atom stereocenters. The molecule has 1 heterocycles. The zero-order chi connectivity index (χ0) is 14.7. The molecule has 0 aliphatic rings. The standard InChI is InChI=1S/C13H15N5O2/c1-9-11(18(19)20)12(16-13(14-2)15-9)17(3)10-7-5-4-6-8-10/h4-8H,1-3H3,(H,14,15,16). The van der Waals surface area contributed by atoms with Gasteiger partial charge in [0.2, 0.25) is 11.8 Å². The largest absolute Gasteiger partial charge is 0.357 e. The molecule has 0 spiro atoms. The van der Waals surface area contributed by atoms with E-state index in [2.05, 4.69) is 15.3 Å². The van der Waals surface area contributed by atoms with Crippen LogP contribution in [0, 0.1) is 17.0 Å². The van der Waals surface area contributed by atoms with Crippen molar-refractivity contribution in [1.82, 2.24) is 9.97 Å². The lowest BCUT2D eigenvalue weighted by Gasteiger charge is -2.19. The predicted molar refractivity (Wildman–Crippen MR) is 77.5 cm³/mol. The van der Waals surface area contributed by atoms with Crippen molar-refractivity contribution in [3.63, 3.8) is 0 Å². The highest BCUT2D eigenvalue weighted by Gasteiger charge is 2.25. The highest BCUT2D eigenvalue weighted by molar-refractivity contribution is 5.70. The van der Waals surface area contributed by atoms with Gasteiger partial charge in [-0.25, -0.2) is 4.98 Å². The lowest BCUT2D eigenvalue weighted by atomic mass is 10.2. The van der Waals surface area contributed by atoms with Gasteiger partial charge in [0.05, 0.1) is 4.92 Å². The normalized spacial score (nSPS) is 10.2. The summed E-state index contributed by atoms with van der Waals surface area (Å²) in [5.41, 5.74) is 1.05. The van der Waals surface area contributed by atoms with Crippen molar-refractivity contribution in [3.8, 4) is 0 Å². The molecule has 0 atom stereocenters. The second-order valence-electron chi connectivity index (χ2n) is 4.21. The molecule has 2 aromatic rings. The highest BCUT2D eigenvalue weighted by atomic mass is 16.6. The number of benzene rings is 1. The first-order valence-corrected chi connectivity index (χ1v) is 6.04. The third-order valence-electron chi connectivity index (χ3n) is 2.91. The van der Waals surface area contributed by atoms with Crippen LogP contribution in [0.25, 0.3) is 0 Å². The van der Waals surface area contributed by atoms with Gasteiger partial charge in [-0.05, 0) is 19.1 Å². The van der Waals surface area contributed by atoms with Crippen LogP contribution in [0.5, 0.6) is 0 Å². The van der Waals surface area contributed by atoms with E-state index in [9.17, 15) is 10.1 Å². The monoisotopic (exact) mass is 273 g/mol. The number of nitrogens with zero attached hydrogens (tertiary/aromatic N) is 4. The molecule has 1 aromatic heterocycles. The first-order chi connectivity index (χ1) is 9.54. The first-order valence-electron chi connectivity index (χ1n) is 6.04. The lowest BCUT2D eigenvalue weighted by Crippen LogP contribution is -2.16. The Morgan fingerprint density at radius 1 is 1.25 bits per heavy atom. The molecule has 0 bridgehead atoms. The van der Waals surface area contributed by atoms with Crippen LogP contribution in [0.15, 0.2) is 30.3 Å². The van der Waals surface area contributed by atoms with Crippen molar-refractivity contribution in [3.05, 3.63) is 46.1 Å². The second-order valence-corrected chi connectivity index (χ2v) is 4.21. The van der Waals surface area contributed by atoms with Gasteiger partial charge in [-0.2, -0.15) is 4.98 Å². The molecule has 2 rings (SSSR count). The van der Waals surface area contributed by atoms with Crippen LogP contribution in [0.1, 0.15) is 5.69 Å². The third-order valence-corrected chi connectivity index (χ3v) is 2.91. The minimum absolute atomic E-state index is 0.0876. The Morgan fingerprint density at radius 2 is 1.90 bits per heavy atom. The van der Waals surface area contributed by atoms with Gasteiger partial charge in [0.25, 0.3) is 0 Å². The van der Waals surface area contributed by atoms with Crippen molar-refractivity contribution in [1.29, 1.82) is 0 Å². The Bertz CT molecular complexity index is 630. The molecule has 20 heavy (non-hydrogen) atoms. The Morgan fingerprint density at radius 3 is 2.45 bits per heavy atom. The van der Waals surface area contributed by atoms with Crippen molar-refractivity contribution in [2.75, 3.05) is 24.3 Å². The molecule has 0 amide bonds.